The van der Waals surface area contributed by atoms with Crippen LogP contribution in [0.5, 0.6) is 0 Å². The summed E-state index contributed by atoms with van der Waals surface area (Å²) in [6, 6.07) is 0.442. The molecule has 0 saturated heterocycles. The lowest BCUT2D eigenvalue weighted by Crippen LogP contribution is -2.27. The third kappa shape index (κ3) is 4.31. The van der Waals surface area contributed by atoms with Gasteiger partial charge in [0.2, 0.25) is 5.89 Å². The Balaban J connectivity index is 2.50. The molecule has 4 heteroatoms. The Morgan fingerprint density at radius 3 is 2.62 bits per heavy atom. The van der Waals surface area contributed by atoms with Crippen molar-refractivity contribution in [1.29, 1.82) is 0 Å². The van der Waals surface area contributed by atoms with Crippen molar-refractivity contribution in [2.24, 2.45) is 5.92 Å². The van der Waals surface area contributed by atoms with Crippen LogP contribution in [0.4, 0.5) is 0 Å². The molecule has 0 aliphatic rings. The van der Waals surface area contributed by atoms with Crippen LogP contribution < -0.4 is 5.32 Å². The van der Waals surface area contributed by atoms with Crippen LogP contribution in [-0.2, 0) is 12.8 Å². The summed E-state index contributed by atoms with van der Waals surface area (Å²) < 4.78 is 5.24. The van der Waals surface area contributed by atoms with Gasteiger partial charge in [0.1, 0.15) is 0 Å². The second-order valence-corrected chi connectivity index (χ2v) is 4.68. The van der Waals surface area contributed by atoms with E-state index in [1.807, 2.05) is 7.05 Å². The smallest absolute Gasteiger partial charge is 0.228 e. The van der Waals surface area contributed by atoms with Crippen LogP contribution in [0.2, 0.25) is 0 Å². The Hall–Kier alpha value is -0.900. The standard InChI is InChI=1S/C12H23N3O/c1-5-6-10(13-4)8-12-14-11(15-16-12)7-9(2)3/h9-10,13H,5-8H2,1-4H3. The Labute approximate surface area is 97.8 Å². The second kappa shape index (κ2) is 6.63. The van der Waals surface area contributed by atoms with E-state index in [0.29, 0.717) is 12.0 Å². The maximum atomic E-state index is 5.24. The summed E-state index contributed by atoms with van der Waals surface area (Å²) in [7, 11) is 1.98. The Bertz CT molecular complexity index is 296. The van der Waals surface area contributed by atoms with E-state index in [4.69, 9.17) is 4.52 Å². The van der Waals surface area contributed by atoms with Gasteiger partial charge in [-0.1, -0.05) is 32.3 Å². The molecule has 1 aromatic heterocycles. The third-order valence-corrected chi connectivity index (χ3v) is 2.57. The first-order valence-electron chi connectivity index (χ1n) is 6.14. The van der Waals surface area contributed by atoms with E-state index in [2.05, 4.69) is 36.2 Å². The number of nitrogens with one attached hydrogen (secondary N) is 1. The molecule has 0 aromatic carbocycles. The fraction of sp³-hybridized carbons (Fsp3) is 0.833. The average Bonchev–Trinajstić information content (AvgIpc) is 2.64. The molecule has 0 aliphatic heterocycles. The highest BCUT2D eigenvalue weighted by molar-refractivity contribution is 4.90. The van der Waals surface area contributed by atoms with E-state index in [9.17, 15) is 0 Å². The number of rotatable bonds is 7. The lowest BCUT2D eigenvalue weighted by atomic mass is 10.1. The maximum absolute atomic E-state index is 5.24. The number of aromatic nitrogens is 2. The molecule has 4 nitrogen and oxygen atoms in total. The van der Waals surface area contributed by atoms with Gasteiger partial charge >= 0.3 is 0 Å². The van der Waals surface area contributed by atoms with Gasteiger partial charge in [-0.25, -0.2) is 0 Å². The van der Waals surface area contributed by atoms with Gasteiger partial charge in [-0.3, -0.25) is 0 Å². The third-order valence-electron chi connectivity index (χ3n) is 2.57. The molecule has 0 radical (unpaired) electrons. The Morgan fingerprint density at radius 1 is 1.31 bits per heavy atom. The second-order valence-electron chi connectivity index (χ2n) is 4.68. The molecule has 0 saturated carbocycles. The van der Waals surface area contributed by atoms with E-state index in [0.717, 1.165) is 31.0 Å². The lowest BCUT2D eigenvalue weighted by molar-refractivity contribution is 0.350. The van der Waals surface area contributed by atoms with Gasteiger partial charge in [0.25, 0.3) is 0 Å². The predicted molar refractivity (Wildman–Crippen MR) is 64.3 cm³/mol. The Kier molecular flexibility index (Phi) is 5.46. The van der Waals surface area contributed by atoms with Crippen molar-refractivity contribution in [3.8, 4) is 0 Å². The molecule has 1 unspecified atom stereocenters. The number of hydrogen-bond acceptors (Lipinski definition) is 4. The normalized spacial score (nSPS) is 13.3. The monoisotopic (exact) mass is 225 g/mol. The summed E-state index contributed by atoms with van der Waals surface area (Å²) in [6.07, 6.45) is 4.02. The van der Waals surface area contributed by atoms with Gasteiger partial charge in [-0.2, -0.15) is 4.98 Å². The SMILES string of the molecule is CCCC(Cc1nc(CC(C)C)no1)NC. The molecule has 0 aliphatic carbocycles. The summed E-state index contributed by atoms with van der Waals surface area (Å²) in [6.45, 7) is 6.50. The highest BCUT2D eigenvalue weighted by atomic mass is 16.5. The minimum atomic E-state index is 0.442. The summed E-state index contributed by atoms with van der Waals surface area (Å²) in [5, 5.41) is 7.26. The van der Waals surface area contributed by atoms with Crippen molar-refractivity contribution >= 4 is 0 Å². The molecule has 0 spiro atoms. The van der Waals surface area contributed by atoms with Crippen molar-refractivity contribution in [3.63, 3.8) is 0 Å². The molecule has 92 valence electrons. The first kappa shape index (κ1) is 13.2. The van der Waals surface area contributed by atoms with Crippen LogP contribution in [0.1, 0.15) is 45.3 Å². The summed E-state index contributed by atoms with van der Waals surface area (Å²) in [4.78, 5) is 4.40. The van der Waals surface area contributed by atoms with Gasteiger partial charge in [0.05, 0.1) is 0 Å². The van der Waals surface area contributed by atoms with Gasteiger partial charge in [-0.15, -0.1) is 0 Å². The molecule has 1 aromatic rings. The van der Waals surface area contributed by atoms with Crippen molar-refractivity contribution < 1.29 is 4.52 Å². The van der Waals surface area contributed by atoms with Crippen LogP contribution in [0.25, 0.3) is 0 Å². The average molecular weight is 225 g/mol. The van der Waals surface area contributed by atoms with Gasteiger partial charge in [-0.05, 0) is 19.4 Å². The van der Waals surface area contributed by atoms with Crippen molar-refractivity contribution in [3.05, 3.63) is 11.7 Å². The molecule has 1 heterocycles. The highest BCUT2D eigenvalue weighted by Crippen LogP contribution is 2.08. The molecule has 1 rings (SSSR count). The molecule has 0 amide bonds. The van der Waals surface area contributed by atoms with Crippen LogP contribution in [0, 0.1) is 5.92 Å². The van der Waals surface area contributed by atoms with Gasteiger partial charge in [0, 0.05) is 18.9 Å². The number of hydrogen-bond donors (Lipinski definition) is 1. The molecule has 16 heavy (non-hydrogen) atoms. The largest absolute Gasteiger partial charge is 0.339 e. The summed E-state index contributed by atoms with van der Waals surface area (Å²) in [5.41, 5.74) is 0. The predicted octanol–water partition coefficient (Wildman–Crippen LogP) is 2.20. The highest BCUT2D eigenvalue weighted by Gasteiger charge is 2.12. The molecule has 0 bridgehead atoms. The first-order valence-corrected chi connectivity index (χ1v) is 6.14. The topological polar surface area (TPSA) is 51.0 Å². The van der Waals surface area contributed by atoms with Gasteiger partial charge in [0.15, 0.2) is 5.82 Å². The Morgan fingerprint density at radius 2 is 2.06 bits per heavy atom. The zero-order chi connectivity index (χ0) is 12.0. The zero-order valence-electron chi connectivity index (χ0n) is 10.8. The zero-order valence-corrected chi connectivity index (χ0v) is 10.8. The van der Waals surface area contributed by atoms with E-state index in [-0.39, 0.29) is 0 Å². The molecule has 0 fully saturated rings. The summed E-state index contributed by atoms with van der Waals surface area (Å²) in [5.74, 6) is 2.15. The quantitative estimate of drug-likeness (QED) is 0.773. The van der Waals surface area contributed by atoms with Crippen LogP contribution >= 0.6 is 0 Å². The van der Waals surface area contributed by atoms with Crippen molar-refractivity contribution in [1.82, 2.24) is 15.5 Å². The van der Waals surface area contributed by atoms with Gasteiger partial charge < -0.3 is 9.84 Å². The van der Waals surface area contributed by atoms with Crippen molar-refractivity contribution in [2.75, 3.05) is 7.05 Å². The number of likely N-dealkylation sites (N-methyl/N-ethyl adjacent to an activating group) is 1. The van der Waals surface area contributed by atoms with E-state index < -0.39 is 0 Å². The van der Waals surface area contributed by atoms with E-state index in [1.54, 1.807) is 0 Å². The fourth-order valence-electron chi connectivity index (χ4n) is 1.73. The molecule has 1 atom stereocenters. The van der Waals surface area contributed by atoms with E-state index in [1.165, 1.54) is 6.42 Å². The molecular weight excluding hydrogens is 202 g/mol. The van der Waals surface area contributed by atoms with Crippen molar-refractivity contribution in [2.45, 2.75) is 52.5 Å². The maximum Gasteiger partial charge on any atom is 0.228 e. The van der Waals surface area contributed by atoms with Crippen LogP contribution in [0.15, 0.2) is 4.52 Å². The summed E-state index contributed by atoms with van der Waals surface area (Å²) >= 11 is 0. The minimum absolute atomic E-state index is 0.442. The van der Waals surface area contributed by atoms with E-state index >= 15 is 0 Å². The van der Waals surface area contributed by atoms with Crippen LogP contribution in [-0.4, -0.2) is 23.2 Å². The number of nitrogens with zero attached hydrogens (tertiary/aromatic N) is 2. The first-order chi connectivity index (χ1) is 7.65. The minimum Gasteiger partial charge on any atom is -0.339 e. The van der Waals surface area contributed by atoms with Crippen LogP contribution in [0.3, 0.4) is 0 Å². The molecular formula is C12H23N3O. The lowest BCUT2D eigenvalue weighted by Gasteiger charge is -2.11. The fourth-order valence-corrected chi connectivity index (χ4v) is 1.73. The molecule has 1 N–H and O–H groups in total.